The van der Waals surface area contributed by atoms with E-state index in [1.54, 1.807) is 33.5 Å². The molecule has 40 heavy (non-hydrogen) atoms. The van der Waals surface area contributed by atoms with E-state index in [1.165, 1.54) is 0 Å². The average Bonchev–Trinajstić information content (AvgIpc) is 3.43. The van der Waals surface area contributed by atoms with Gasteiger partial charge in [0.05, 0.1) is 33.5 Å². The molecule has 0 spiro atoms. The Labute approximate surface area is 233 Å². The number of aliphatic hydroxyl groups excluding tert-OH is 1. The molecule has 3 aromatic rings. The van der Waals surface area contributed by atoms with Crippen molar-refractivity contribution in [3.8, 4) is 23.0 Å². The largest absolute Gasteiger partial charge is 0.496 e. The van der Waals surface area contributed by atoms with Gasteiger partial charge in [0.2, 0.25) is 5.90 Å². The zero-order valence-corrected chi connectivity index (χ0v) is 22.9. The van der Waals surface area contributed by atoms with Gasteiger partial charge < -0.3 is 28.8 Å². The molecule has 0 fully saturated rings. The molecule has 3 N–H and O–H groups in total. The normalized spacial score (nSPS) is 16.1. The van der Waals surface area contributed by atoms with Crippen LogP contribution in [0.5, 0.6) is 23.0 Å². The van der Waals surface area contributed by atoms with Gasteiger partial charge in [-0.25, -0.2) is 10.4 Å². The molecule has 1 atom stereocenters. The summed E-state index contributed by atoms with van der Waals surface area (Å²) in [4.78, 5) is 18.5. The van der Waals surface area contributed by atoms with Crippen molar-refractivity contribution in [2.24, 2.45) is 4.99 Å². The molecule has 0 unspecified atom stereocenters. The lowest BCUT2D eigenvalue weighted by molar-refractivity contribution is -0.127. The molecular weight excluding hydrogens is 514 g/mol. The molecule has 10 nitrogen and oxygen atoms in total. The second-order valence-electron chi connectivity index (χ2n) is 9.17. The molecular formula is C30H35N3O7. The Morgan fingerprint density at radius 2 is 1.68 bits per heavy atom. The van der Waals surface area contributed by atoms with Crippen molar-refractivity contribution in [2.45, 2.75) is 24.9 Å². The summed E-state index contributed by atoms with van der Waals surface area (Å²) in [5.74, 6) is 2.44. The smallest absolute Gasteiger partial charge is 0.266 e. The maximum atomic E-state index is 13.7. The molecule has 1 aliphatic rings. The van der Waals surface area contributed by atoms with Crippen LogP contribution in [-0.4, -0.2) is 63.6 Å². The lowest BCUT2D eigenvalue weighted by Crippen LogP contribution is -2.52. The Hall–Kier alpha value is -4.28. The summed E-state index contributed by atoms with van der Waals surface area (Å²) < 4.78 is 27.9. The van der Waals surface area contributed by atoms with Crippen LogP contribution in [0.1, 0.15) is 23.1 Å². The first-order valence-corrected chi connectivity index (χ1v) is 12.9. The van der Waals surface area contributed by atoms with E-state index in [-0.39, 0.29) is 25.7 Å². The molecule has 0 saturated heterocycles. The van der Waals surface area contributed by atoms with E-state index in [0.29, 0.717) is 48.3 Å². The monoisotopic (exact) mass is 549 g/mol. The number of aliphatic hydroxyl groups is 1. The number of amides is 1. The molecule has 0 bridgehead atoms. The SMILES string of the molecule is COc1cc(OC)c(CNNC(=O)[C@]2(Cc3ccccc3)COC(c3ccc(OCCCO)cc3)=N2)c(OC)c1. The van der Waals surface area contributed by atoms with Gasteiger partial charge >= 0.3 is 0 Å². The molecule has 0 radical (unpaired) electrons. The van der Waals surface area contributed by atoms with Gasteiger partial charge in [-0.15, -0.1) is 0 Å². The van der Waals surface area contributed by atoms with Gasteiger partial charge in [-0.1, -0.05) is 30.3 Å². The molecule has 10 heteroatoms. The van der Waals surface area contributed by atoms with Crippen molar-refractivity contribution in [3.63, 3.8) is 0 Å². The minimum absolute atomic E-state index is 0.0737. The van der Waals surface area contributed by atoms with E-state index in [2.05, 4.69) is 10.9 Å². The minimum Gasteiger partial charge on any atom is -0.496 e. The number of ether oxygens (including phenoxy) is 5. The predicted octanol–water partition coefficient (Wildman–Crippen LogP) is 3.05. The molecule has 0 aliphatic carbocycles. The van der Waals surface area contributed by atoms with Crippen LogP contribution in [0.25, 0.3) is 0 Å². The predicted molar refractivity (Wildman–Crippen MR) is 150 cm³/mol. The lowest BCUT2D eigenvalue weighted by atomic mass is 9.91. The first-order chi connectivity index (χ1) is 19.5. The summed E-state index contributed by atoms with van der Waals surface area (Å²) >= 11 is 0. The van der Waals surface area contributed by atoms with Crippen LogP contribution in [0.2, 0.25) is 0 Å². The zero-order chi connectivity index (χ0) is 28.4. The fourth-order valence-electron chi connectivity index (χ4n) is 4.34. The first-order valence-electron chi connectivity index (χ1n) is 12.9. The van der Waals surface area contributed by atoms with Crippen molar-refractivity contribution in [1.82, 2.24) is 10.9 Å². The van der Waals surface area contributed by atoms with Crippen molar-refractivity contribution < 1.29 is 33.6 Å². The highest BCUT2D eigenvalue weighted by Gasteiger charge is 2.44. The summed E-state index contributed by atoms with van der Waals surface area (Å²) in [6.45, 7) is 0.812. The molecule has 1 aliphatic heterocycles. The second-order valence-corrected chi connectivity index (χ2v) is 9.17. The number of aliphatic imine (C=N–C) groups is 1. The number of carbonyl (C=O) groups is 1. The van der Waals surface area contributed by atoms with E-state index in [4.69, 9.17) is 33.8 Å². The number of carbonyl (C=O) groups excluding carboxylic acids is 1. The fourth-order valence-corrected chi connectivity index (χ4v) is 4.34. The van der Waals surface area contributed by atoms with E-state index >= 15 is 0 Å². The highest BCUT2D eigenvalue weighted by Crippen LogP contribution is 2.34. The fraction of sp³-hybridized carbons (Fsp3) is 0.333. The van der Waals surface area contributed by atoms with Crippen molar-refractivity contribution in [3.05, 3.63) is 83.4 Å². The van der Waals surface area contributed by atoms with E-state index in [0.717, 1.165) is 16.7 Å². The summed E-state index contributed by atoms with van der Waals surface area (Å²) in [6.07, 6.45) is 0.906. The number of hydrogen-bond donors (Lipinski definition) is 3. The first kappa shape index (κ1) is 28.7. The van der Waals surface area contributed by atoms with Gasteiger partial charge in [-0.3, -0.25) is 10.2 Å². The molecule has 1 heterocycles. The van der Waals surface area contributed by atoms with Gasteiger partial charge in [0.15, 0.2) is 5.54 Å². The summed E-state index contributed by atoms with van der Waals surface area (Å²) in [7, 11) is 4.69. The number of rotatable bonds is 14. The Morgan fingerprint density at radius 1 is 0.975 bits per heavy atom. The molecule has 212 valence electrons. The van der Waals surface area contributed by atoms with Gasteiger partial charge in [0, 0.05) is 43.7 Å². The second kappa shape index (κ2) is 13.7. The van der Waals surface area contributed by atoms with E-state index in [9.17, 15) is 4.79 Å². The van der Waals surface area contributed by atoms with E-state index < -0.39 is 5.54 Å². The maximum absolute atomic E-state index is 13.7. The number of hydrogen-bond acceptors (Lipinski definition) is 9. The third kappa shape index (κ3) is 6.83. The van der Waals surface area contributed by atoms with Crippen molar-refractivity contribution in [1.29, 1.82) is 0 Å². The van der Waals surface area contributed by atoms with Crippen LogP contribution < -0.4 is 29.8 Å². The molecule has 1 amide bonds. The Bertz CT molecular complexity index is 1270. The van der Waals surface area contributed by atoms with Crippen LogP contribution in [0.3, 0.4) is 0 Å². The number of nitrogens with one attached hydrogen (secondary N) is 2. The van der Waals surface area contributed by atoms with Gasteiger partial charge in [-0.05, 0) is 29.8 Å². The summed E-state index contributed by atoms with van der Waals surface area (Å²) in [5, 5.41) is 8.94. The van der Waals surface area contributed by atoms with Crippen LogP contribution in [0, 0.1) is 0 Å². The molecule has 0 aromatic heterocycles. The lowest BCUT2D eigenvalue weighted by Gasteiger charge is -2.24. The van der Waals surface area contributed by atoms with Crippen LogP contribution >= 0.6 is 0 Å². The Morgan fingerprint density at radius 3 is 2.30 bits per heavy atom. The van der Waals surface area contributed by atoms with Crippen molar-refractivity contribution in [2.75, 3.05) is 41.2 Å². The highest BCUT2D eigenvalue weighted by molar-refractivity contribution is 6.00. The highest BCUT2D eigenvalue weighted by atomic mass is 16.5. The number of nitrogens with zero attached hydrogens (tertiary/aromatic N) is 1. The topological polar surface area (TPSA) is 120 Å². The summed E-state index contributed by atoms with van der Waals surface area (Å²) in [5.41, 5.74) is 7.04. The Kier molecular flexibility index (Phi) is 9.82. The quantitative estimate of drug-likeness (QED) is 0.207. The maximum Gasteiger partial charge on any atom is 0.266 e. The molecule has 4 rings (SSSR count). The van der Waals surface area contributed by atoms with Crippen LogP contribution in [0.4, 0.5) is 0 Å². The molecule has 0 saturated carbocycles. The van der Waals surface area contributed by atoms with Crippen LogP contribution in [0.15, 0.2) is 71.7 Å². The number of methoxy groups -OCH3 is 3. The van der Waals surface area contributed by atoms with Gasteiger partial charge in [0.1, 0.15) is 29.6 Å². The van der Waals surface area contributed by atoms with E-state index in [1.807, 2.05) is 54.6 Å². The summed E-state index contributed by atoms with van der Waals surface area (Å²) in [6, 6.07) is 20.5. The van der Waals surface area contributed by atoms with Crippen molar-refractivity contribution >= 4 is 11.8 Å². The minimum atomic E-state index is -1.19. The number of benzene rings is 3. The third-order valence-corrected chi connectivity index (χ3v) is 6.48. The Balaban J connectivity index is 1.52. The molecule has 3 aromatic carbocycles. The van der Waals surface area contributed by atoms with Gasteiger partial charge in [0.25, 0.3) is 5.91 Å². The standard InChI is InChI=1S/C30H35N3O7/c1-36-24-16-26(37-2)25(27(17-24)38-3)19-31-33-29(35)30(18-21-8-5-4-6-9-21)20-40-28(32-30)22-10-12-23(13-11-22)39-15-7-14-34/h4-6,8-13,16-17,31,34H,7,14-15,18-20H2,1-3H3,(H,33,35)/t30-/m0/s1. The average molecular weight is 550 g/mol. The van der Waals surface area contributed by atoms with Gasteiger partial charge in [-0.2, -0.15) is 0 Å². The number of hydrazine groups is 1. The third-order valence-electron chi connectivity index (χ3n) is 6.48. The zero-order valence-electron chi connectivity index (χ0n) is 22.9. The van der Waals surface area contributed by atoms with Crippen LogP contribution in [-0.2, 0) is 22.5 Å².